The van der Waals surface area contributed by atoms with Crippen LogP contribution < -0.4 is 10.2 Å². The summed E-state index contributed by atoms with van der Waals surface area (Å²) in [6, 6.07) is 0.444. The SMILES string of the molecule is CCC1CCC(Nc2nc(Cl)nc(N3CCCC3)n2)C1C. The number of rotatable bonds is 4. The fourth-order valence-electron chi connectivity index (χ4n) is 3.66. The highest BCUT2D eigenvalue weighted by Gasteiger charge is 2.32. The molecule has 0 amide bonds. The summed E-state index contributed by atoms with van der Waals surface area (Å²) in [6.45, 7) is 6.62. The Bertz CT molecular complexity index is 489. The van der Waals surface area contributed by atoms with Crippen molar-refractivity contribution in [3.8, 4) is 0 Å². The lowest BCUT2D eigenvalue weighted by Gasteiger charge is -2.22. The first-order valence-electron chi connectivity index (χ1n) is 8.10. The van der Waals surface area contributed by atoms with Crippen molar-refractivity contribution in [1.82, 2.24) is 15.0 Å². The molecule has 0 aromatic carbocycles. The van der Waals surface area contributed by atoms with Gasteiger partial charge in [0.2, 0.25) is 17.2 Å². The monoisotopic (exact) mass is 309 g/mol. The molecule has 1 aromatic rings. The van der Waals surface area contributed by atoms with Crippen LogP contribution in [0.1, 0.15) is 46.0 Å². The maximum Gasteiger partial charge on any atom is 0.231 e. The zero-order chi connectivity index (χ0) is 14.8. The van der Waals surface area contributed by atoms with Crippen LogP contribution >= 0.6 is 11.6 Å². The number of nitrogens with one attached hydrogen (secondary N) is 1. The minimum absolute atomic E-state index is 0.284. The lowest BCUT2D eigenvalue weighted by molar-refractivity contribution is 0.391. The summed E-state index contributed by atoms with van der Waals surface area (Å²) in [5.41, 5.74) is 0. The molecule has 0 radical (unpaired) electrons. The molecule has 3 unspecified atom stereocenters. The standard InChI is InChI=1S/C15H24ClN5/c1-3-11-6-7-12(10(11)2)17-14-18-13(16)19-15(20-14)21-8-4-5-9-21/h10-12H,3-9H2,1-2H3,(H,17,18,19,20). The summed E-state index contributed by atoms with van der Waals surface area (Å²) in [7, 11) is 0. The maximum absolute atomic E-state index is 6.08. The van der Waals surface area contributed by atoms with E-state index in [1.807, 2.05) is 0 Å². The van der Waals surface area contributed by atoms with Crippen molar-refractivity contribution in [3.05, 3.63) is 5.28 Å². The van der Waals surface area contributed by atoms with Gasteiger partial charge in [0.15, 0.2) is 0 Å². The van der Waals surface area contributed by atoms with Crippen LogP contribution in [0.5, 0.6) is 0 Å². The van der Waals surface area contributed by atoms with Gasteiger partial charge in [0.05, 0.1) is 0 Å². The van der Waals surface area contributed by atoms with Crippen LogP contribution in [0, 0.1) is 11.8 Å². The lowest BCUT2D eigenvalue weighted by Crippen LogP contribution is -2.27. The number of hydrogen-bond acceptors (Lipinski definition) is 5. The molecule has 1 aromatic heterocycles. The Balaban J connectivity index is 1.73. The average Bonchev–Trinajstić information content (AvgIpc) is 3.09. The van der Waals surface area contributed by atoms with E-state index < -0.39 is 0 Å². The average molecular weight is 310 g/mol. The number of anilines is 2. The van der Waals surface area contributed by atoms with Gasteiger partial charge in [-0.15, -0.1) is 0 Å². The van der Waals surface area contributed by atoms with Gasteiger partial charge >= 0.3 is 0 Å². The highest BCUT2D eigenvalue weighted by Crippen LogP contribution is 2.35. The quantitative estimate of drug-likeness (QED) is 0.924. The van der Waals surface area contributed by atoms with Gasteiger partial charge in [-0.25, -0.2) is 0 Å². The summed E-state index contributed by atoms with van der Waals surface area (Å²) in [4.78, 5) is 15.3. The molecular formula is C15H24ClN5. The van der Waals surface area contributed by atoms with Gasteiger partial charge in [-0.05, 0) is 49.1 Å². The molecule has 21 heavy (non-hydrogen) atoms. The highest BCUT2D eigenvalue weighted by molar-refractivity contribution is 6.28. The van der Waals surface area contributed by atoms with Gasteiger partial charge in [-0.3, -0.25) is 0 Å². The molecule has 0 bridgehead atoms. The minimum Gasteiger partial charge on any atom is -0.351 e. The van der Waals surface area contributed by atoms with Crippen molar-refractivity contribution in [3.63, 3.8) is 0 Å². The molecule has 0 spiro atoms. The third kappa shape index (κ3) is 3.23. The van der Waals surface area contributed by atoms with Crippen LogP contribution in [-0.2, 0) is 0 Å². The molecule has 1 saturated carbocycles. The summed E-state index contributed by atoms with van der Waals surface area (Å²) in [6.07, 6.45) is 6.11. The van der Waals surface area contributed by atoms with E-state index in [1.165, 1.54) is 32.1 Å². The predicted octanol–water partition coefficient (Wildman–Crippen LogP) is 3.36. The first-order valence-corrected chi connectivity index (χ1v) is 8.48. The Labute approximate surface area is 131 Å². The van der Waals surface area contributed by atoms with Gasteiger partial charge in [0.25, 0.3) is 0 Å². The van der Waals surface area contributed by atoms with E-state index in [0.29, 0.717) is 23.9 Å². The van der Waals surface area contributed by atoms with E-state index in [0.717, 1.165) is 19.0 Å². The first kappa shape index (κ1) is 14.8. The summed E-state index contributed by atoms with van der Waals surface area (Å²) in [5, 5.41) is 3.77. The molecule has 1 N–H and O–H groups in total. The minimum atomic E-state index is 0.284. The second-order valence-corrected chi connectivity index (χ2v) is 6.62. The highest BCUT2D eigenvalue weighted by atomic mass is 35.5. The Hall–Kier alpha value is -1.10. The Morgan fingerprint density at radius 2 is 1.95 bits per heavy atom. The Morgan fingerprint density at radius 3 is 2.62 bits per heavy atom. The second-order valence-electron chi connectivity index (χ2n) is 6.28. The molecule has 2 aliphatic rings. The van der Waals surface area contributed by atoms with Gasteiger partial charge in [-0.2, -0.15) is 15.0 Å². The van der Waals surface area contributed by atoms with Crippen LogP contribution in [-0.4, -0.2) is 34.1 Å². The third-order valence-corrected chi connectivity index (χ3v) is 5.22. The van der Waals surface area contributed by atoms with E-state index in [4.69, 9.17) is 11.6 Å². The molecule has 116 valence electrons. The Morgan fingerprint density at radius 1 is 1.19 bits per heavy atom. The fraction of sp³-hybridized carbons (Fsp3) is 0.800. The molecule has 5 nitrogen and oxygen atoms in total. The van der Waals surface area contributed by atoms with Crippen molar-refractivity contribution in [2.75, 3.05) is 23.3 Å². The second kappa shape index (κ2) is 6.34. The molecule has 1 saturated heterocycles. The molecule has 3 atom stereocenters. The van der Waals surface area contributed by atoms with Crippen molar-refractivity contribution in [2.45, 2.75) is 52.0 Å². The van der Waals surface area contributed by atoms with Crippen LogP contribution in [0.4, 0.5) is 11.9 Å². The zero-order valence-electron chi connectivity index (χ0n) is 12.8. The van der Waals surface area contributed by atoms with Crippen LogP contribution in [0.2, 0.25) is 5.28 Å². The van der Waals surface area contributed by atoms with E-state index in [-0.39, 0.29) is 5.28 Å². The van der Waals surface area contributed by atoms with Crippen LogP contribution in [0.25, 0.3) is 0 Å². The van der Waals surface area contributed by atoms with E-state index in [2.05, 4.69) is 39.0 Å². The number of halogens is 1. The zero-order valence-corrected chi connectivity index (χ0v) is 13.6. The van der Waals surface area contributed by atoms with Gasteiger partial charge < -0.3 is 10.2 Å². The van der Waals surface area contributed by atoms with Crippen molar-refractivity contribution < 1.29 is 0 Å². The molecule has 3 rings (SSSR count). The van der Waals surface area contributed by atoms with Gasteiger partial charge in [0, 0.05) is 19.1 Å². The number of nitrogens with zero attached hydrogens (tertiary/aromatic N) is 4. The lowest BCUT2D eigenvalue weighted by atomic mass is 9.94. The van der Waals surface area contributed by atoms with Crippen molar-refractivity contribution in [1.29, 1.82) is 0 Å². The van der Waals surface area contributed by atoms with E-state index >= 15 is 0 Å². The molecule has 1 aliphatic carbocycles. The molecule has 1 aliphatic heterocycles. The number of aromatic nitrogens is 3. The van der Waals surface area contributed by atoms with Crippen molar-refractivity contribution in [2.24, 2.45) is 11.8 Å². The summed E-state index contributed by atoms with van der Waals surface area (Å²) >= 11 is 6.08. The maximum atomic E-state index is 6.08. The predicted molar refractivity (Wildman–Crippen MR) is 85.9 cm³/mol. The summed E-state index contributed by atoms with van der Waals surface area (Å²) in [5.74, 6) is 2.80. The van der Waals surface area contributed by atoms with Gasteiger partial charge in [-0.1, -0.05) is 20.3 Å². The molecule has 2 heterocycles. The largest absolute Gasteiger partial charge is 0.351 e. The molecule has 6 heteroatoms. The van der Waals surface area contributed by atoms with Gasteiger partial charge in [0.1, 0.15) is 0 Å². The van der Waals surface area contributed by atoms with Crippen LogP contribution in [0.15, 0.2) is 0 Å². The fourth-order valence-corrected chi connectivity index (χ4v) is 3.81. The number of hydrogen-bond donors (Lipinski definition) is 1. The smallest absolute Gasteiger partial charge is 0.231 e. The molecule has 2 fully saturated rings. The first-order chi connectivity index (χ1) is 10.2. The van der Waals surface area contributed by atoms with E-state index in [9.17, 15) is 0 Å². The normalized spacial score (nSPS) is 29.1. The van der Waals surface area contributed by atoms with E-state index in [1.54, 1.807) is 0 Å². The third-order valence-electron chi connectivity index (χ3n) is 5.05. The van der Waals surface area contributed by atoms with Crippen LogP contribution in [0.3, 0.4) is 0 Å². The van der Waals surface area contributed by atoms with Crippen molar-refractivity contribution >= 4 is 23.5 Å². The Kier molecular flexibility index (Phi) is 4.48. The molecular weight excluding hydrogens is 286 g/mol. The summed E-state index contributed by atoms with van der Waals surface area (Å²) < 4.78 is 0. The topological polar surface area (TPSA) is 53.9 Å².